The van der Waals surface area contributed by atoms with Crippen LogP contribution in [-0.4, -0.2) is 29.6 Å². The van der Waals surface area contributed by atoms with Crippen molar-refractivity contribution in [1.82, 2.24) is 9.88 Å². The number of aromatic nitrogens is 1. The van der Waals surface area contributed by atoms with Crippen LogP contribution in [0.3, 0.4) is 0 Å². The van der Waals surface area contributed by atoms with Crippen molar-refractivity contribution in [3.8, 4) is 0 Å². The maximum atomic E-state index is 12.6. The lowest BCUT2D eigenvalue weighted by Crippen LogP contribution is -2.25. The van der Waals surface area contributed by atoms with Gasteiger partial charge in [-0.25, -0.2) is 0 Å². The molecule has 0 spiro atoms. The molecule has 1 N–H and O–H groups in total. The van der Waals surface area contributed by atoms with E-state index in [2.05, 4.69) is 10.5 Å². The standard InChI is InChI=1S/C29H33N3O5/c1-4-37-28(34)10-7-17-30-29(35)22-13-11-21(12-14-22)25(24-9-6-5-8-20(24)2)18-26(31-36)23-15-16-27(33)32(3)19-23/h5-6,8-9,11-16,19,25-26H,4,7,10,17-18H2,1-3H3,(H,30,35). The van der Waals surface area contributed by atoms with Gasteiger partial charge in [0.1, 0.15) is 6.04 Å². The van der Waals surface area contributed by atoms with E-state index in [4.69, 9.17) is 4.74 Å². The van der Waals surface area contributed by atoms with Crippen LogP contribution in [0.5, 0.6) is 0 Å². The monoisotopic (exact) mass is 503 g/mol. The Morgan fingerprint density at radius 2 is 1.73 bits per heavy atom. The zero-order valence-corrected chi connectivity index (χ0v) is 21.5. The maximum absolute atomic E-state index is 12.6. The van der Waals surface area contributed by atoms with E-state index in [9.17, 15) is 19.3 Å². The van der Waals surface area contributed by atoms with Gasteiger partial charge in [0, 0.05) is 43.8 Å². The molecule has 0 radical (unpaired) electrons. The molecule has 0 fully saturated rings. The van der Waals surface area contributed by atoms with Crippen molar-refractivity contribution in [2.75, 3.05) is 13.2 Å². The molecule has 194 valence electrons. The molecule has 0 aliphatic carbocycles. The van der Waals surface area contributed by atoms with E-state index < -0.39 is 6.04 Å². The van der Waals surface area contributed by atoms with Gasteiger partial charge in [-0.15, -0.1) is 0 Å². The second kappa shape index (κ2) is 13.3. The number of hydrogen-bond acceptors (Lipinski definition) is 6. The smallest absolute Gasteiger partial charge is 0.305 e. The van der Waals surface area contributed by atoms with Crippen LogP contribution in [0.4, 0.5) is 0 Å². The quantitative estimate of drug-likeness (QED) is 0.217. The molecule has 1 aromatic heterocycles. The number of pyridine rings is 1. The number of hydrogen-bond donors (Lipinski definition) is 1. The number of nitrogens with one attached hydrogen (secondary N) is 1. The summed E-state index contributed by atoms with van der Waals surface area (Å²) in [5.74, 6) is -0.646. The number of ether oxygens (including phenoxy) is 1. The van der Waals surface area contributed by atoms with Gasteiger partial charge in [0.2, 0.25) is 5.56 Å². The van der Waals surface area contributed by atoms with E-state index in [1.807, 2.05) is 43.3 Å². The van der Waals surface area contributed by atoms with Crippen LogP contribution in [0, 0.1) is 11.8 Å². The SMILES string of the molecule is CCOC(=O)CCCNC(=O)c1ccc(C(CC(N=O)c2ccc(=O)n(C)c2)c2ccccc2C)cc1. The number of benzene rings is 2. The molecule has 2 unspecified atom stereocenters. The molecule has 3 aromatic rings. The topological polar surface area (TPSA) is 107 Å². The van der Waals surface area contributed by atoms with Crippen LogP contribution in [-0.2, 0) is 16.6 Å². The third kappa shape index (κ3) is 7.46. The molecule has 0 saturated heterocycles. The Morgan fingerprint density at radius 3 is 2.38 bits per heavy atom. The number of amides is 1. The summed E-state index contributed by atoms with van der Waals surface area (Å²) in [4.78, 5) is 47.8. The first-order valence-electron chi connectivity index (χ1n) is 12.4. The van der Waals surface area contributed by atoms with Crippen molar-refractivity contribution in [3.63, 3.8) is 0 Å². The number of esters is 1. The highest BCUT2D eigenvalue weighted by Gasteiger charge is 2.24. The number of carbonyl (C=O) groups excluding carboxylic acids is 2. The molecule has 0 aliphatic rings. The molecule has 1 heterocycles. The van der Waals surface area contributed by atoms with Gasteiger partial charge in [-0.1, -0.05) is 41.6 Å². The fourth-order valence-corrected chi connectivity index (χ4v) is 4.33. The van der Waals surface area contributed by atoms with Crippen molar-refractivity contribution in [2.45, 2.75) is 45.1 Å². The molecule has 8 heteroatoms. The Labute approximate surface area is 216 Å². The highest BCUT2D eigenvalue weighted by atomic mass is 16.5. The van der Waals surface area contributed by atoms with Crippen molar-refractivity contribution < 1.29 is 14.3 Å². The summed E-state index contributed by atoms with van der Waals surface area (Å²) in [6.07, 6.45) is 2.82. The van der Waals surface area contributed by atoms with Crippen LogP contribution in [0.15, 0.2) is 76.8 Å². The fraction of sp³-hybridized carbons (Fsp3) is 0.345. The second-order valence-corrected chi connectivity index (χ2v) is 8.96. The van der Waals surface area contributed by atoms with E-state index in [0.29, 0.717) is 37.1 Å². The summed E-state index contributed by atoms with van der Waals surface area (Å²) < 4.78 is 6.34. The van der Waals surface area contributed by atoms with Crippen molar-refractivity contribution in [3.05, 3.63) is 110 Å². The van der Waals surface area contributed by atoms with Crippen LogP contribution in [0.1, 0.15) is 70.8 Å². The van der Waals surface area contributed by atoms with Crippen LogP contribution in [0.2, 0.25) is 0 Å². The predicted molar refractivity (Wildman–Crippen MR) is 143 cm³/mol. The van der Waals surface area contributed by atoms with Crippen LogP contribution in [0.25, 0.3) is 0 Å². The number of rotatable bonds is 12. The average molecular weight is 504 g/mol. The molecule has 1 amide bonds. The largest absolute Gasteiger partial charge is 0.466 e. The Balaban J connectivity index is 1.79. The Hall–Kier alpha value is -4.07. The van der Waals surface area contributed by atoms with Gasteiger partial charge in [-0.3, -0.25) is 14.4 Å². The van der Waals surface area contributed by atoms with E-state index in [1.165, 1.54) is 10.6 Å². The zero-order valence-electron chi connectivity index (χ0n) is 21.5. The molecule has 3 rings (SSSR count). The molecule has 0 aliphatic heterocycles. The molecular formula is C29H33N3O5. The summed E-state index contributed by atoms with van der Waals surface area (Å²) in [5, 5.41) is 6.23. The van der Waals surface area contributed by atoms with Crippen LogP contribution >= 0.6 is 0 Å². The highest BCUT2D eigenvalue weighted by Crippen LogP contribution is 2.37. The molecular weight excluding hydrogens is 470 g/mol. The number of aryl methyl sites for hydroxylation is 2. The molecule has 8 nitrogen and oxygen atoms in total. The minimum Gasteiger partial charge on any atom is -0.466 e. The molecule has 2 aromatic carbocycles. The minimum absolute atomic E-state index is 0.150. The van der Waals surface area contributed by atoms with Gasteiger partial charge >= 0.3 is 5.97 Å². The first-order chi connectivity index (χ1) is 17.8. The van der Waals surface area contributed by atoms with Gasteiger partial charge in [0.25, 0.3) is 5.91 Å². The van der Waals surface area contributed by atoms with Crippen molar-refractivity contribution >= 4 is 11.9 Å². The third-order valence-corrected chi connectivity index (χ3v) is 6.37. The Kier molecular flexibility index (Phi) is 9.89. The zero-order chi connectivity index (χ0) is 26.8. The fourth-order valence-electron chi connectivity index (χ4n) is 4.33. The number of nitrogens with zero attached hydrogens (tertiary/aromatic N) is 2. The van der Waals surface area contributed by atoms with Gasteiger partial charge < -0.3 is 14.6 Å². The van der Waals surface area contributed by atoms with E-state index in [1.54, 1.807) is 38.4 Å². The number of carbonyl (C=O) groups is 2. The summed E-state index contributed by atoms with van der Waals surface area (Å²) in [5.41, 5.74) is 4.13. The normalized spacial score (nSPS) is 12.4. The highest BCUT2D eigenvalue weighted by molar-refractivity contribution is 5.94. The summed E-state index contributed by atoms with van der Waals surface area (Å²) in [7, 11) is 1.65. The molecule has 2 atom stereocenters. The van der Waals surface area contributed by atoms with Gasteiger partial charge in [0.05, 0.1) is 6.61 Å². The Bertz CT molecular complexity index is 1280. The molecule has 0 bridgehead atoms. The first-order valence-corrected chi connectivity index (χ1v) is 12.4. The third-order valence-electron chi connectivity index (χ3n) is 6.37. The average Bonchev–Trinajstić information content (AvgIpc) is 2.90. The summed E-state index contributed by atoms with van der Waals surface area (Å²) >= 11 is 0. The lowest BCUT2D eigenvalue weighted by Gasteiger charge is -2.23. The summed E-state index contributed by atoms with van der Waals surface area (Å²) in [6.45, 7) is 4.50. The second-order valence-electron chi connectivity index (χ2n) is 8.96. The first kappa shape index (κ1) is 27.5. The van der Waals surface area contributed by atoms with Crippen LogP contribution < -0.4 is 10.9 Å². The molecule has 37 heavy (non-hydrogen) atoms. The lowest BCUT2D eigenvalue weighted by molar-refractivity contribution is -0.143. The van der Waals surface area contributed by atoms with Gasteiger partial charge in [-0.2, -0.15) is 4.91 Å². The molecule has 0 saturated carbocycles. The summed E-state index contributed by atoms with van der Waals surface area (Å²) in [6, 6.07) is 17.7. The van der Waals surface area contributed by atoms with Crippen molar-refractivity contribution in [1.29, 1.82) is 0 Å². The maximum Gasteiger partial charge on any atom is 0.305 e. The van der Waals surface area contributed by atoms with Crippen molar-refractivity contribution in [2.24, 2.45) is 12.2 Å². The number of nitroso groups, excluding NO2 is 1. The van der Waals surface area contributed by atoms with Gasteiger partial charge in [0.15, 0.2) is 0 Å². The van der Waals surface area contributed by atoms with E-state index >= 15 is 0 Å². The minimum atomic E-state index is -0.654. The van der Waals surface area contributed by atoms with Gasteiger partial charge in [-0.05, 0) is 67.1 Å². The van der Waals surface area contributed by atoms with E-state index in [-0.39, 0.29) is 29.8 Å². The lowest BCUT2D eigenvalue weighted by atomic mass is 9.82. The van der Waals surface area contributed by atoms with E-state index in [0.717, 1.165) is 16.7 Å². The Morgan fingerprint density at radius 1 is 1.03 bits per heavy atom. The predicted octanol–water partition coefficient (Wildman–Crippen LogP) is 4.80.